The fourth-order valence-corrected chi connectivity index (χ4v) is 4.66. The second kappa shape index (κ2) is 7.98. The van der Waals surface area contributed by atoms with Crippen LogP contribution in [0.5, 0.6) is 5.75 Å². The average molecular weight is 390 g/mol. The third kappa shape index (κ3) is 4.40. The number of carbonyl (C=O) groups is 1. The van der Waals surface area contributed by atoms with Crippen molar-refractivity contribution < 1.29 is 23.1 Å². The largest absolute Gasteiger partial charge is 0.495 e. The number of para-hydroxylation sites is 2. The van der Waals surface area contributed by atoms with E-state index in [-0.39, 0.29) is 11.3 Å². The van der Waals surface area contributed by atoms with Crippen LogP contribution in [0, 0.1) is 0 Å². The van der Waals surface area contributed by atoms with Gasteiger partial charge in [-0.05, 0) is 29.8 Å². The molecule has 0 saturated carbocycles. The zero-order valence-electron chi connectivity index (χ0n) is 15.0. The maximum Gasteiger partial charge on any atom is 0.335 e. The standard InChI is InChI=1S/C19H22N2O5S/c1-26-18-5-3-2-4-17(18)20-10-12-21(13-11-20)27(24,25)14-15-6-8-16(9-7-15)19(22)23/h2-9H,10-14H2,1H3,(H,22,23). The molecule has 1 heterocycles. The molecule has 27 heavy (non-hydrogen) atoms. The van der Waals surface area contributed by atoms with Crippen molar-refractivity contribution >= 4 is 21.7 Å². The molecular weight excluding hydrogens is 368 g/mol. The first-order chi connectivity index (χ1) is 12.9. The number of ether oxygens (including phenoxy) is 1. The number of piperazine rings is 1. The van der Waals surface area contributed by atoms with Crippen molar-refractivity contribution in [3.8, 4) is 5.75 Å². The van der Waals surface area contributed by atoms with E-state index in [0.29, 0.717) is 31.7 Å². The molecule has 7 nitrogen and oxygen atoms in total. The molecule has 3 rings (SSSR count). The Balaban J connectivity index is 1.65. The Morgan fingerprint density at radius 3 is 2.26 bits per heavy atom. The van der Waals surface area contributed by atoms with Crippen molar-refractivity contribution in [2.24, 2.45) is 0 Å². The van der Waals surface area contributed by atoms with Crippen molar-refractivity contribution in [1.82, 2.24) is 4.31 Å². The van der Waals surface area contributed by atoms with Gasteiger partial charge >= 0.3 is 5.97 Å². The van der Waals surface area contributed by atoms with Crippen LogP contribution in [0.3, 0.4) is 0 Å². The minimum Gasteiger partial charge on any atom is -0.495 e. The summed E-state index contributed by atoms with van der Waals surface area (Å²) in [6, 6.07) is 13.6. The summed E-state index contributed by atoms with van der Waals surface area (Å²) in [5.41, 5.74) is 1.68. The second-order valence-corrected chi connectivity index (χ2v) is 8.29. The minimum atomic E-state index is -3.46. The molecule has 0 aliphatic carbocycles. The quantitative estimate of drug-likeness (QED) is 0.812. The van der Waals surface area contributed by atoms with Crippen LogP contribution in [-0.2, 0) is 15.8 Å². The molecular formula is C19H22N2O5S. The van der Waals surface area contributed by atoms with Crippen LogP contribution in [0.2, 0.25) is 0 Å². The predicted octanol–water partition coefficient (Wildman–Crippen LogP) is 2.05. The van der Waals surface area contributed by atoms with Crippen LogP contribution < -0.4 is 9.64 Å². The molecule has 2 aromatic rings. The summed E-state index contributed by atoms with van der Waals surface area (Å²) < 4.78 is 32.3. The van der Waals surface area contributed by atoms with E-state index in [1.165, 1.54) is 16.4 Å². The molecule has 0 aromatic heterocycles. The summed E-state index contributed by atoms with van der Waals surface area (Å²) in [7, 11) is -1.84. The molecule has 0 radical (unpaired) electrons. The highest BCUT2D eigenvalue weighted by atomic mass is 32.2. The lowest BCUT2D eigenvalue weighted by atomic mass is 10.1. The molecule has 0 atom stereocenters. The van der Waals surface area contributed by atoms with Gasteiger partial charge in [-0.2, -0.15) is 4.31 Å². The maximum absolute atomic E-state index is 12.7. The predicted molar refractivity (Wildman–Crippen MR) is 103 cm³/mol. The molecule has 0 bridgehead atoms. The molecule has 0 amide bonds. The van der Waals surface area contributed by atoms with Gasteiger partial charge in [0.05, 0.1) is 24.1 Å². The van der Waals surface area contributed by atoms with Crippen LogP contribution in [0.15, 0.2) is 48.5 Å². The molecule has 1 aliphatic rings. The second-order valence-electron chi connectivity index (χ2n) is 6.32. The van der Waals surface area contributed by atoms with Gasteiger partial charge in [0.2, 0.25) is 10.0 Å². The molecule has 0 unspecified atom stereocenters. The zero-order chi connectivity index (χ0) is 19.4. The van der Waals surface area contributed by atoms with E-state index in [1.807, 2.05) is 24.3 Å². The Morgan fingerprint density at radius 2 is 1.67 bits per heavy atom. The maximum atomic E-state index is 12.7. The van der Waals surface area contributed by atoms with E-state index in [4.69, 9.17) is 9.84 Å². The van der Waals surface area contributed by atoms with Gasteiger partial charge in [-0.15, -0.1) is 0 Å². The lowest BCUT2D eigenvalue weighted by molar-refractivity contribution is 0.0697. The minimum absolute atomic E-state index is 0.137. The Hall–Kier alpha value is -2.58. The summed E-state index contributed by atoms with van der Waals surface area (Å²) in [6.45, 7) is 1.95. The van der Waals surface area contributed by atoms with Crippen molar-refractivity contribution in [2.45, 2.75) is 5.75 Å². The first kappa shape index (κ1) is 19.2. The lowest BCUT2D eigenvalue weighted by Crippen LogP contribution is -2.49. The van der Waals surface area contributed by atoms with Gasteiger partial charge in [-0.1, -0.05) is 24.3 Å². The Labute approximate surface area is 158 Å². The first-order valence-electron chi connectivity index (χ1n) is 8.59. The molecule has 1 aliphatic heterocycles. The number of sulfonamides is 1. The molecule has 1 saturated heterocycles. The number of benzene rings is 2. The van der Waals surface area contributed by atoms with E-state index in [2.05, 4.69) is 4.90 Å². The molecule has 8 heteroatoms. The number of hydrogen-bond donors (Lipinski definition) is 1. The summed E-state index contributed by atoms with van der Waals surface area (Å²) in [4.78, 5) is 13.0. The van der Waals surface area contributed by atoms with Gasteiger partial charge in [0, 0.05) is 26.2 Å². The van der Waals surface area contributed by atoms with Gasteiger partial charge in [0.1, 0.15) is 5.75 Å². The van der Waals surface area contributed by atoms with E-state index in [1.54, 1.807) is 19.2 Å². The number of carboxylic acids is 1. The third-order valence-electron chi connectivity index (χ3n) is 4.61. The first-order valence-corrected chi connectivity index (χ1v) is 10.2. The highest BCUT2D eigenvalue weighted by molar-refractivity contribution is 7.88. The molecule has 2 aromatic carbocycles. The summed E-state index contributed by atoms with van der Waals surface area (Å²) in [5.74, 6) is -0.397. The summed E-state index contributed by atoms with van der Waals surface area (Å²) in [6.07, 6.45) is 0. The van der Waals surface area contributed by atoms with Crippen molar-refractivity contribution in [3.63, 3.8) is 0 Å². The fourth-order valence-electron chi connectivity index (χ4n) is 3.14. The van der Waals surface area contributed by atoms with Gasteiger partial charge in [0.25, 0.3) is 0 Å². The van der Waals surface area contributed by atoms with Crippen LogP contribution in [0.1, 0.15) is 15.9 Å². The number of rotatable bonds is 6. The number of aromatic carboxylic acids is 1. The third-order valence-corrected chi connectivity index (χ3v) is 6.46. The average Bonchev–Trinajstić information content (AvgIpc) is 2.68. The molecule has 1 N–H and O–H groups in total. The number of hydrogen-bond acceptors (Lipinski definition) is 5. The van der Waals surface area contributed by atoms with Crippen molar-refractivity contribution in [3.05, 3.63) is 59.7 Å². The Morgan fingerprint density at radius 1 is 1.04 bits per heavy atom. The number of carboxylic acid groups (broad SMARTS) is 1. The smallest absolute Gasteiger partial charge is 0.335 e. The monoisotopic (exact) mass is 390 g/mol. The van der Waals surface area contributed by atoms with Gasteiger partial charge in [-0.3, -0.25) is 0 Å². The van der Waals surface area contributed by atoms with Crippen LogP contribution >= 0.6 is 0 Å². The van der Waals surface area contributed by atoms with Gasteiger partial charge < -0.3 is 14.7 Å². The van der Waals surface area contributed by atoms with E-state index in [0.717, 1.165) is 11.4 Å². The number of nitrogens with zero attached hydrogens (tertiary/aromatic N) is 2. The van der Waals surface area contributed by atoms with Gasteiger partial charge in [-0.25, -0.2) is 13.2 Å². The van der Waals surface area contributed by atoms with Crippen LogP contribution in [0.4, 0.5) is 5.69 Å². The number of methoxy groups -OCH3 is 1. The van der Waals surface area contributed by atoms with Crippen molar-refractivity contribution in [2.75, 3.05) is 38.2 Å². The Bertz CT molecular complexity index is 904. The summed E-state index contributed by atoms with van der Waals surface area (Å²) in [5, 5.41) is 8.93. The normalized spacial score (nSPS) is 15.5. The zero-order valence-corrected chi connectivity index (χ0v) is 15.9. The van der Waals surface area contributed by atoms with Crippen LogP contribution in [0.25, 0.3) is 0 Å². The van der Waals surface area contributed by atoms with Gasteiger partial charge in [0.15, 0.2) is 0 Å². The molecule has 1 fully saturated rings. The van der Waals surface area contributed by atoms with E-state index < -0.39 is 16.0 Å². The van der Waals surface area contributed by atoms with Crippen molar-refractivity contribution in [1.29, 1.82) is 0 Å². The van der Waals surface area contributed by atoms with Crippen LogP contribution in [-0.4, -0.2) is 57.1 Å². The highest BCUT2D eigenvalue weighted by Crippen LogP contribution is 2.28. The SMILES string of the molecule is COc1ccccc1N1CCN(S(=O)(=O)Cc2ccc(C(=O)O)cc2)CC1. The number of anilines is 1. The highest BCUT2D eigenvalue weighted by Gasteiger charge is 2.28. The summed E-state index contributed by atoms with van der Waals surface area (Å²) >= 11 is 0. The Kier molecular flexibility index (Phi) is 5.67. The van der Waals surface area contributed by atoms with E-state index >= 15 is 0 Å². The topological polar surface area (TPSA) is 87.2 Å². The molecule has 0 spiro atoms. The lowest BCUT2D eigenvalue weighted by Gasteiger charge is -2.36. The fraction of sp³-hybridized carbons (Fsp3) is 0.316. The molecule has 144 valence electrons. The van der Waals surface area contributed by atoms with E-state index in [9.17, 15) is 13.2 Å².